The van der Waals surface area contributed by atoms with E-state index >= 15 is 0 Å². The number of nitrogens with one attached hydrogen (secondary N) is 1. The predicted molar refractivity (Wildman–Crippen MR) is 148 cm³/mol. The fourth-order valence-electron chi connectivity index (χ4n) is 5.14. The Hall–Kier alpha value is -4.03. The zero-order chi connectivity index (χ0) is 32.1. The summed E-state index contributed by atoms with van der Waals surface area (Å²) >= 11 is 0. The standard InChI is InChI=1S/C30H37F3N2O8/c1-6-41-26(38)22-19(14-15-30(31,32)33)34-24(20-9-8-16-35(20)28(40)43-29(3,4)5)23(27(39)42-7-2)21(22)17-10-12-18(13-11-17)25(36)37/h10-13,20-21,34H,6-9,14-16H2,1-5H3,(H,36,37)/t20-,21?/m0/s1. The van der Waals surface area contributed by atoms with Gasteiger partial charge in [0.15, 0.2) is 0 Å². The van der Waals surface area contributed by atoms with Crippen LogP contribution in [0.25, 0.3) is 0 Å². The number of aromatic carboxylic acids is 1. The maximum Gasteiger partial charge on any atom is 0.410 e. The van der Waals surface area contributed by atoms with Gasteiger partial charge in [-0.15, -0.1) is 0 Å². The first-order valence-electron chi connectivity index (χ1n) is 14.1. The van der Waals surface area contributed by atoms with Crippen LogP contribution >= 0.6 is 0 Å². The first-order valence-corrected chi connectivity index (χ1v) is 14.1. The lowest BCUT2D eigenvalue weighted by Gasteiger charge is -2.37. The zero-order valence-corrected chi connectivity index (χ0v) is 24.8. The number of alkyl halides is 3. The number of amides is 1. The first kappa shape index (κ1) is 33.5. The van der Waals surface area contributed by atoms with E-state index in [0.29, 0.717) is 12.8 Å². The summed E-state index contributed by atoms with van der Waals surface area (Å²) in [5.41, 5.74) is -1.01. The molecule has 0 saturated carbocycles. The molecule has 1 unspecified atom stereocenters. The molecule has 10 nitrogen and oxygen atoms in total. The topological polar surface area (TPSA) is 131 Å². The van der Waals surface area contributed by atoms with Gasteiger partial charge in [-0.1, -0.05) is 12.1 Å². The molecule has 0 radical (unpaired) electrons. The second kappa shape index (κ2) is 13.5. The van der Waals surface area contributed by atoms with Crippen molar-refractivity contribution in [2.75, 3.05) is 19.8 Å². The Kier molecular flexibility index (Phi) is 10.5. The lowest BCUT2D eigenvalue weighted by molar-refractivity contribution is -0.140. The summed E-state index contributed by atoms with van der Waals surface area (Å²) < 4.78 is 56.6. The van der Waals surface area contributed by atoms with Crippen LogP contribution in [-0.4, -0.2) is 71.6 Å². The van der Waals surface area contributed by atoms with Crippen LogP contribution in [0.1, 0.15) is 82.1 Å². The summed E-state index contributed by atoms with van der Waals surface area (Å²) in [6.07, 6.45) is -6.34. The summed E-state index contributed by atoms with van der Waals surface area (Å²) in [6, 6.07) is 4.49. The highest BCUT2D eigenvalue weighted by Gasteiger charge is 2.45. The highest BCUT2D eigenvalue weighted by Crippen LogP contribution is 2.44. The minimum absolute atomic E-state index is 0.0554. The average Bonchev–Trinajstić information content (AvgIpc) is 3.40. The van der Waals surface area contributed by atoms with Gasteiger partial charge in [0, 0.05) is 24.4 Å². The molecule has 1 amide bonds. The number of rotatable bonds is 9. The number of hydrogen-bond donors (Lipinski definition) is 2. The number of esters is 2. The molecule has 236 valence electrons. The Morgan fingerprint density at radius 3 is 2.07 bits per heavy atom. The average molecular weight is 611 g/mol. The van der Waals surface area contributed by atoms with E-state index in [2.05, 4.69) is 5.32 Å². The number of allylic oxidation sites excluding steroid dienone is 1. The molecule has 2 aliphatic heterocycles. The van der Waals surface area contributed by atoms with Gasteiger partial charge in [-0.3, -0.25) is 4.90 Å². The van der Waals surface area contributed by atoms with Crippen LogP contribution in [0.2, 0.25) is 0 Å². The fraction of sp³-hybridized carbons (Fsp3) is 0.533. The summed E-state index contributed by atoms with van der Waals surface area (Å²) in [6.45, 7) is 8.29. The fourth-order valence-corrected chi connectivity index (χ4v) is 5.14. The quantitative estimate of drug-likeness (QED) is 0.277. The summed E-state index contributed by atoms with van der Waals surface area (Å²) in [4.78, 5) is 53.2. The van der Waals surface area contributed by atoms with Crippen molar-refractivity contribution in [2.45, 2.75) is 84.0 Å². The summed E-state index contributed by atoms with van der Waals surface area (Å²) in [7, 11) is 0. The van der Waals surface area contributed by atoms with Crippen LogP contribution in [0.3, 0.4) is 0 Å². The van der Waals surface area contributed by atoms with Crippen molar-refractivity contribution >= 4 is 24.0 Å². The molecule has 13 heteroatoms. The zero-order valence-electron chi connectivity index (χ0n) is 24.8. The van der Waals surface area contributed by atoms with E-state index in [4.69, 9.17) is 14.2 Å². The second-order valence-corrected chi connectivity index (χ2v) is 11.1. The summed E-state index contributed by atoms with van der Waals surface area (Å²) in [5.74, 6) is -4.31. The minimum Gasteiger partial charge on any atom is -0.478 e. The van der Waals surface area contributed by atoms with Gasteiger partial charge >= 0.3 is 30.2 Å². The molecule has 0 aliphatic carbocycles. The molecule has 3 rings (SSSR count). The number of likely N-dealkylation sites (tertiary alicyclic amines) is 1. The van der Waals surface area contributed by atoms with Gasteiger partial charge in [-0.25, -0.2) is 19.2 Å². The number of nitrogens with zero attached hydrogens (tertiary/aromatic N) is 1. The monoisotopic (exact) mass is 610 g/mol. The lowest BCUT2D eigenvalue weighted by Crippen LogP contribution is -2.46. The number of carbonyl (C=O) groups is 4. The third kappa shape index (κ3) is 8.29. The van der Waals surface area contributed by atoms with Crippen molar-refractivity contribution in [1.82, 2.24) is 10.2 Å². The normalized spacial score (nSPS) is 19.2. The van der Waals surface area contributed by atoms with Gasteiger partial charge in [0.05, 0.1) is 41.9 Å². The number of ether oxygens (including phenoxy) is 3. The highest BCUT2D eigenvalue weighted by atomic mass is 19.4. The van der Waals surface area contributed by atoms with Crippen molar-refractivity contribution in [3.8, 4) is 0 Å². The van der Waals surface area contributed by atoms with Gasteiger partial charge in [0.1, 0.15) is 5.60 Å². The van der Waals surface area contributed by atoms with E-state index in [-0.39, 0.29) is 53.4 Å². The second-order valence-electron chi connectivity index (χ2n) is 11.1. The molecule has 0 aromatic heterocycles. The molecule has 43 heavy (non-hydrogen) atoms. The number of hydrogen-bond acceptors (Lipinski definition) is 8. The van der Waals surface area contributed by atoms with Gasteiger partial charge < -0.3 is 24.6 Å². The molecule has 2 aliphatic rings. The first-order chi connectivity index (χ1) is 20.1. The third-order valence-electron chi connectivity index (χ3n) is 6.83. The van der Waals surface area contributed by atoms with Crippen molar-refractivity contribution in [2.24, 2.45) is 0 Å². The molecule has 2 N–H and O–H groups in total. The van der Waals surface area contributed by atoms with Gasteiger partial charge in [0.2, 0.25) is 0 Å². The van der Waals surface area contributed by atoms with Crippen LogP contribution in [0.5, 0.6) is 0 Å². The Morgan fingerprint density at radius 2 is 1.56 bits per heavy atom. The Bertz CT molecular complexity index is 1300. The highest BCUT2D eigenvalue weighted by molar-refractivity contribution is 6.00. The molecular formula is C30H37F3N2O8. The number of dihydropyridines is 1. The molecular weight excluding hydrogens is 573 g/mol. The van der Waals surface area contributed by atoms with E-state index in [0.717, 1.165) is 0 Å². The lowest BCUT2D eigenvalue weighted by atomic mass is 9.78. The van der Waals surface area contributed by atoms with E-state index in [9.17, 15) is 37.5 Å². The number of halogens is 3. The predicted octanol–water partition coefficient (Wildman–Crippen LogP) is 5.45. The maximum absolute atomic E-state index is 13.7. The molecule has 2 heterocycles. The maximum atomic E-state index is 13.7. The number of benzene rings is 1. The van der Waals surface area contributed by atoms with Crippen LogP contribution in [-0.2, 0) is 23.8 Å². The van der Waals surface area contributed by atoms with Crippen LogP contribution in [0.4, 0.5) is 18.0 Å². The molecule has 2 atom stereocenters. The van der Waals surface area contributed by atoms with Crippen molar-refractivity contribution < 1.29 is 51.7 Å². The number of carbonyl (C=O) groups excluding carboxylic acids is 3. The number of carboxylic acids is 1. The molecule has 1 aromatic rings. The van der Waals surface area contributed by atoms with Crippen LogP contribution in [0.15, 0.2) is 46.8 Å². The van der Waals surface area contributed by atoms with E-state index in [1.807, 2.05) is 0 Å². The van der Waals surface area contributed by atoms with E-state index in [1.54, 1.807) is 27.7 Å². The van der Waals surface area contributed by atoms with Gasteiger partial charge in [-0.05, 0) is 71.6 Å². The summed E-state index contributed by atoms with van der Waals surface area (Å²) in [5, 5.41) is 12.3. The minimum atomic E-state index is -4.58. The smallest absolute Gasteiger partial charge is 0.410 e. The Labute approximate surface area is 247 Å². The van der Waals surface area contributed by atoms with E-state index < -0.39 is 60.6 Å². The third-order valence-corrected chi connectivity index (χ3v) is 6.83. The molecule has 1 fully saturated rings. The molecule has 0 bridgehead atoms. The Balaban J connectivity index is 2.32. The van der Waals surface area contributed by atoms with Crippen LogP contribution in [0, 0.1) is 0 Å². The molecule has 0 spiro atoms. The van der Waals surface area contributed by atoms with Crippen molar-refractivity contribution in [3.63, 3.8) is 0 Å². The van der Waals surface area contributed by atoms with Crippen molar-refractivity contribution in [1.29, 1.82) is 0 Å². The van der Waals surface area contributed by atoms with Crippen molar-refractivity contribution in [3.05, 3.63) is 57.9 Å². The SMILES string of the molecule is CCOC(=O)C1=C(CCC(F)(F)F)NC([C@@H]2CCCN2C(=O)OC(C)(C)C)=C(C(=O)OCC)C1c1ccc(C(=O)O)cc1. The Morgan fingerprint density at radius 1 is 0.977 bits per heavy atom. The van der Waals surface area contributed by atoms with Gasteiger partial charge in [0.25, 0.3) is 0 Å². The van der Waals surface area contributed by atoms with E-state index in [1.165, 1.54) is 36.1 Å². The largest absolute Gasteiger partial charge is 0.478 e. The molecule has 1 saturated heterocycles. The van der Waals surface area contributed by atoms with Gasteiger partial charge in [-0.2, -0.15) is 13.2 Å². The van der Waals surface area contributed by atoms with Crippen LogP contribution < -0.4 is 5.32 Å². The number of carboxylic acid groups (broad SMARTS) is 1. The molecule has 1 aromatic carbocycles.